The molecule has 3 aromatic heterocycles. The van der Waals surface area contributed by atoms with E-state index in [9.17, 15) is 9.90 Å². The molecule has 0 saturated carbocycles. The first kappa shape index (κ1) is 23.1. The van der Waals surface area contributed by atoms with Gasteiger partial charge in [0.2, 0.25) is 0 Å². The summed E-state index contributed by atoms with van der Waals surface area (Å²) in [5, 5.41) is 13.8. The average molecular weight is 479 g/mol. The van der Waals surface area contributed by atoms with Crippen LogP contribution in [0.2, 0.25) is 4.34 Å². The summed E-state index contributed by atoms with van der Waals surface area (Å²) in [4.78, 5) is 17.7. The van der Waals surface area contributed by atoms with Crippen LogP contribution in [0.1, 0.15) is 39.8 Å². The zero-order valence-electron chi connectivity index (χ0n) is 16.6. The second kappa shape index (κ2) is 10.2. The minimum absolute atomic E-state index is 0. The van der Waals surface area contributed by atoms with Gasteiger partial charge in [-0.25, -0.2) is 4.98 Å². The summed E-state index contributed by atoms with van der Waals surface area (Å²) in [6.45, 7) is 1.84. The Morgan fingerprint density at radius 2 is 2.03 bits per heavy atom. The van der Waals surface area contributed by atoms with Crippen molar-refractivity contribution in [2.24, 2.45) is 0 Å². The second-order valence-electron chi connectivity index (χ2n) is 6.81. The highest BCUT2D eigenvalue weighted by Gasteiger charge is 2.23. The third-order valence-electron chi connectivity index (χ3n) is 4.85. The molecule has 10 heteroatoms. The molecule has 1 N–H and O–H groups in total. The van der Waals surface area contributed by atoms with E-state index in [0.717, 1.165) is 17.1 Å². The molecule has 0 bridgehead atoms. The number of carbonyl (C=O) groups is 1. The number of benzene rings is 1. The van der Waals surface area contributed by atoms with Gasteiger partial charge in [-0.3, -0.25) is 9.20 Å². The van der Waals surface area contributed by atoms with Crippen molar-refractivity contribution >= 4 is 47.0 Å². The fraction of sp³-hybridized carbons (Fsp3) is 0.238. The van der Waals surface area contributed by atoms with Crippen molar-refractivity contribution in [2.75, 3.05) is 6.61 Å². The zero-order chi connectivity index (χ0) is 21.1. The predicted molar refractivity (Wildman–Crippen MR) is 122 cm³/mol. The maximum Gasteiger partial charge on any atom is 0.182 e. The van der Waals surface area contributed by atoms with Crippen molar-refractivity contribution in [1.29, 1.82) is 0 Å². The molecule has 4 rings (SSSR count). The molecular formula is C21H20Cl2N4O3S. The van der Waals surface area contributed by atoms with Crippen molar-refractivity contribution in [1.82, 2.24) is 19.0 Å². The van der Waals surface area contributed by atoms with Gasteiger partial charge >= 0.3 is 0 Å². The summed E-state index contributed by atoms with van der Waals surface area (Å²) in [5.74, 6) is 0.152. The minimum atomic E-state index is -0.276. The monoisotopic (exact) mass is 478 g/mol. The van der Waals surface area contributed by atoms with Gasteiger partial charge in [0, 0.05) is 30.1 Å². The molecule has 0 fully saturated rings. The number of fused-ring (bicyclic) bond motifs is 1. The highest BCUT2D eigenvalue weighted by atomic mass is 35.5. The topological polar surface area (TPSA) is 89.6 Å². The van der Waals surface area contributed by atoms with Gasteiger partial charge in [-0.05, 0) is 24.6 Å². The summed E-state index contributed by atoms with van der Waals surface area (Å²) in [6.07, 6.45) is 1.96. The van der Waals surface area contributed by atoms with Crippen LogP contribution in [-0.4, -0.2) is 36.5 Å². The number of ether oxygens (including phenoxy) is 1. The van der Waals surface area contributed by atoms with Crippen molar-refractivity contribution in [3.8, 4) is 5.75 Å². The van der Waals surface area contributed by atoms with Gasteiger partial charge in [-0.15, -0.1) is 17.5 Å². The van der Waals surface area contributed by atoms with Crippen LogP contribution < -0.4 is 4.74 Å². The van der Waals surface area contributed by atoms with Crippen LogP contribution in [0.25, 0.3) is 5.65 Å². The van der Waals surface area contributed by atoms with Gasteiger partial charge in [0.05, 0.1) is 12.3 Å². The summed E-state index contributed by atoms with van der Waals surface area (Å²) < 4.78 is 11.9. The molecule has 0 saturated heterocycles. The normalized spacial score (nSPS) is 11.8. The maximum atomic E-state index is 13.1. The molecule has 0 unspecified atom stereocenters. The second-order valence-corrected chi connectivity index (χ2v) is 8.17. The van der Waals surface area contributed by atoms with E-state index in [2.05, 4.69) is 14.6 Å². The van der Waals surface area contributed by atoms with Crippen molar-refractivity contribution in [3.05, 3.63) is 75.6 Å². The number of aliphatic hydroxyl groups excluding tert-OH is 1. The SMILES string of the molecule is Cc1nc2c(OCc3nnsc3Cl)cccn2c1C(=O)C[C@@H](CO)c1ccccc1.Cl. The predicted octanol–water partition coefficient (Wildman–Crippen LogP) is 4.50. The summed E-state index contributed by atoms with van der Waals surface area (Å²) in [7, 11) is 0. The lowest BCUT2D eigenvalue weighted by Gasteiger charge is -2.14. The third kappa shape index (κ3) is 4.88. The lowest BCUT2D eigenvalue weighted by molar-refractivity contribution is 0.0953. The van der Waals surface area contributed by atoms with Crippen LogP contribution in [0.15, 0.2) is 48.7 Å². The van der Waals surface area contributed by atoms with Crippen LogP contribution in [0, 0.1) is 6.92 Å². The Balaban J connectivity index is 0.00000272. The van der Waals surface area contributed by atoms with Gasteiger partial charge in [0.15, 0.2) is 17.2 Å². The molecule has 162 valence electrons. The Morgan fingerprint density at radius 3 is 2.71 bits per heavy atom. The number of ketones is 1. The van der Waals surface area contributed by atoms with E-state index < -0.39 is 0 Å². The molecule has 4 aromatic rings. The number of pyridine rings is 1. The summed E-state index contributed by atoms with van der Waals surface area (Å²) in [6, 6.07) is 13.1. The molecule has 31 heavy (non-hydrogen) atoms. The molecule has 0 amide bonds. The van der Waals surface area contributed by atoms with E-state index in [-0.39, 0.29) is 43.7 Å². The molecule has 0 radical (unpaired) electrons. The third-order valence-corrected chi connectivity index (χ3v) is 5.83. The number of aliphatic hydroxyl groups is 1. The Morgan fingerprint density at radius 1 is 1.26 bits per heavy atom. The lowest BCUT2D eigenvalue weighted by Crippen LogP contribution is -2.13. The fourth-order valence-corrected chi connectivity index (χ4v) is 3.97. The first-order chi connectivity index (χ1) is 14.6. The molecule has 7 nitrogen and oxygen atoms in total. The van der Waals surface area contributed by atoms with E-state index in [1.165, 1.54) is 0 Å². The Labute approximate surface area is 194 Å². The van der Waals surface area contributed by atoms with Crippen molar-refractivity contribution in [2.45, 2.75) is 25.9 Å². The standard InChI is InChI=1S/C21H19ClN4O3S.ClH/c1-13-19(17(28)10-15(11-27)14-6-3-2-4-7-14)26-9-5-8-18(21(26)23-13)29-12-16-20(22)30-25-24-16;/h2-9,15,27H,10-12H2,1H3;1H/t15-;/m0./s1. The Bertz CT molecular complexity index is 1180. The molecule has 0 spiro atoms. The van der Waals surface area contributed by atoms with Gasteiger partial charge in [-0.2, -0.15) is 0 Å². The molecule has 3 heterocycles. The van der Waals surface area contributed by atoms with Gasteiger partial charge < -0.3 is 9.84 Å². The van der Waals surface area contributed by atoms with E-state index in [4.69, 9.17) is 16.3 Å². The smallest absolute Gasteiger partial charge is 0.182 e. The minimum Gasteiger partial charge on any atom is -0.483 e. The number of halogens is 2. The first-order valence-corrected chi connectivity index (χ1v) is 10.5. The number of carbonyl (C=O) groups excluding carboxylic acids is 1. The summed E-state index contributed by atoms with van der Waals surface area (Å²) in [5.41, 5.74) is 3.11. The van der Waals surface area contributed by atoms with Crippen LogP contribution >= 0.6 is 35.5 Å². The molecule has 1 aromatic carbocycles. The van der Waals surface area contributed by atoms with E-state index in [1.807, 2.05) is 30.3 Å². The largest absolute Gasteiger partial charge is 0.483 e. The Hall–Kier alpha value is -2.52. The Kier molecular flexibility index (Phi) is 7.61. The number of nitrogens with zero attached hydrogens (tertiary/aromatic N) is 4. The molecule has 0 aliphatic carbocycles. The van der Waals surface area contributed by atoms with Crippen molar-refractivity contribution in [3.63, 3.8) is 0 Å². The van der Waals surface area contributed by atoms with Crippen LogP contribution in [0.4, 0.5) is 0 Å². The highest BCUT2D eigenvalue weighted by molar-refractivity contribution is 7.10. The van der Waals surface area contributed by atoms with Gasteiger partial charge in [-0.1, -0.05) is 46.4 Å². The number of rotatable bonds is 8. The van der Waals surface area contributed by atoms with Crippen LogP contribution in [0.3, 0.4) is 0 Å². The number of hydrogen-bond donors (Lipinski definition) is 1. The first-order valence-electron chi connectivity index (χ1n) is 9.34. The van der Waals surface area contributed by atoms with Crippen LogP contribution in [-0.2, 0) is 6.61 Å². The van der Waals surface area contributed by atoms with Gasteiger partial charge in [0.25, 0.3) is 0 Å². The van der Waals surface area contributed by atoms with Gasteiger partial charge in [0.1, 0.15) is 22.3 Å². The number of imidazole rings is 1. The number of Topliss-reactive ketones (excluding diaryl/α,β-unsaturated/α-hetero) is 1. The van der Waals surface area contributed by atoms with Crippen LogP contribution in [0.5, 0.6) is 5.75 Å². The lowest BCUT2D eigenvalue weighted by atomic mass is 9.93. The maximum absolute atomic E-state index is 13.1. The molecular weight excluding hydrogens is 459 g/mol. The van der Waals surface area contributed by atoms with E-state index in [0.29, 0.717) is 32.8 Å². The molecule has 1 atom stereocenters. The number of aromatic nitrogens is 4. The number of hydrogen-bond acceptors (Lipinski definition) is 7. The zero-order valence-corrected chi connectivity index (χ0v) is 19.0. The summed E-state index contributed by atoms with van der Waals surface area (Å²) >= 11 is 7.13. The molecule has 0 aliphatic rings. The number of aryl methyl sites for hydroxylation is 1. The molecule has 0 aliphatic heterocycles. The fourth-order valence-electron chi connectivity index (χ4n) is 3.37. The van der Waals surface area contributed by atoms with E-state index >= 15 is 0 Å². The quantitative estimate of drug-likeness (QED) is 0.375. The van der Waals surface area contributed by atoms with Crippen molar-refractivity contribution < 1.29 is 14.6 Å². The average Bonchev–Trinajstić information content (AvgIpc) is 3.33. The van der Waals surface area contributed by atoms with E-state index in [1.54, 1.807) is 29.7 Å². The highest BCUT2D eigenvalue weighted by Crippen LogP contribution is 2.27.